The van der Waals surface area contributed by atoms with Crippen LogP contribution in [0.5, 0.6) is 0 Å². The van der Waals surface area contributed by atoms with Crippen molar-refractivity contribution in [3.8, 4) is 0 Å². The van der Waals surface area contributed by atoms with E-state index in [0.717, 1.165) is 24.8 Å². The summed E-state index contributed by atoms with van der Waals surface area (Å²) in [5.74, 6) is 0.0127. The largest absolute Gasteiger partial charge is 0.450 e. The van der Waals surface area contributed by atoms with Crippen LogP contribution < -0.4 is 5.32 Å². The van der Waals surface area contributed by atoms with Crippen LogP contribution in [0.2, 0.25) is 0 Å². The molecular weight excluding hydrogens is 330 g/mol. The van der Waals surface area contributed by atoms with Crippen molar-refractivity contribution in [1.29, 1.82) is 0 Å². The first-order valence-electron chi connectivity index (χ1n) is 9.47. The van der Waals surface area contributed by atoms with Crippen LogP contribution in [0, 0.1) is 23.7 Å². The third-order valence-electron chi connectivity index (χ3n) is 6.55. The van der Waals surface area contributed by atoms with Gasteiger partial charge in [-0.3, -0.25) is 0 Å². The Kier molecular flexibility index (Phi) is 3.83. The molecule has 4 bridgehead atoms. The Morgan fingerprint density at radius 3 is 2.27 bits per heavy atom. The van der Waals surface area contributed by atoms with Gasteiger partial charge >= 0.3 is 12.1 Å². The van der Waals surface area contributed by atoms with Crippen LogP contribution in [0.25, 0.3) is 0 Å². The van der Waals surface area contributed by atoms with Gasteiger partial charge in [0, 0.05) is 5.54 Å². The van der Waals surface area contributed by atoms with E-state index in [2.05, 4.69) is 19.2 Å². The van der Waals surface area contributed by atoms with Gasteiger partial charge in [-0.25, -0.2) is 19.4 Å². The maximum atomic E-state index is 12.3. The molecule has 0 aromatic heterocycles. The van der Waals surface area contributed by atoms with Gasteiger partial charge in [-0.15, -0.1) is 0 Å². The Morgan fingerprint density at radius 2 is 1.65 bits per heavy atom. The maximum Gasteiger partial charge on any atom is 0.450 e. The van der Waals surface area contributed by atoms with Gasteiger partial charge in [0.1, 0.15) is 0 Å². The number of hydrogen-bond donors (Lipinski definition) is 1. The van der Waals surface area contributed by atoms with Crippen molar-refractivity contribution in [2.24, 2.45) is 16.7 Å². The van der Waals surface area contributed by atoms with Crippen LogP contribution in [0.4, 0.5) is 4.79 Å². The SMILES string of the molecule is Cc1ccccc1C(=O)OOC(=O)NC12CC3C[C@@](C)(C1)C[C@](C)(C3)C2. The number of hydrogen-bond acceptors (Lipinski definition) is 4. The Morgan fingerprint density at radius 1 is 1.00 bits per heavy atom. The quantitative estimate of drug-likeness (QED) is 0.623. The fourth-order valence-corrected chi connectivity index (χ4v) is 6.75. The number of amides is 1. The van der Waals surface area contributed by atoms with Crippen molar-refractivity contribution < 1.29 is 19.4 Å². The monoisotopic (exact) mass is 357 g/mol. The molecule has 1 aromatic carbocycles. The second-order valence-electron chi connectivity index (χ2n) is 9.59. The minimum Gasteiger partial charge on any atom is -0.313 e. The first-order chi connectivity index (χ1) is 12.2. The lowest BCUT2D eigenvalue weighted by molar-refractivity contribution is -0.190. The molecule has 140 valence electrons. The van der Waals surface area contributed by atoms with E-state index in [1.807, 2.05) is 19.1 Å². The molecule has 4 aliphatic carbocycles. The second-order valence-corrected chi connectivity index (χ2v) is 9.59. The zero-order chi connectivity index (χ0) is 18.6. The van der Waals surface area contributed by atoms with Crippen molar-refractivity contribution in [3.63, 3.8) is 0 Å². The summed E-state index contributed by atoms with van der Waals surface area (Å²) in [6, 6.07) is 7.06. The second kappa shape index (κ2) is 5.73. The summed E-state index contributed by atoms with van der Waals surface area (Å²) >= 11 is 0. The van der Waals surface area contributed by atoms with Gasteiger partial charge in [-0.2, -0.15) is 0 Å². The van der Waals surface area contributed by atoms with Gasteiger partial charge in [-0.05, 0) is 73.8 Å². The number of carbonyl (C=O) groups excluding carboxylic acids is 2. The molecule has 4 saturated carbocycles. The summed E-state index contributed by atoms with van der Waals surface area (Å²) in [6.45, 7) is 6.50. The molecular formula is C21H27NO4. The van der Waals surface area contributed by atoms with Crippen LogP contribution in [0.3, 0.4) is 0 Å². The van der Waals surface area contributed by atoms with Gasteiger partial charge in [0.05, 0.1) is 5.56 Å². The zero-order valence-corrected chi connectivity index (χ0v) is 15.8. The first kappa shape index (κ1) is 17.4. The highest BCUT2D eigenvalue weighted by atomic mass is 17.2. The molecule has 0 spiro atoms. The lowest BCUT2D eigenvalue weighted by Crippen LogP contribution is -2.65. The third kappa shape index (κ3) is 3.08. The molecule has 2 unspecified atom stereocenters. The van der Waals surface area contributed by atoms with Crippen LogP contribution in [0.1, 0.15) is 68.3 Å². The van der Waals surface area contributed by atoms with Crippen molar-refractivity contribution >= 4 is 12.1 Å². The minimum atomic E-state index is -0.666. The molecule has 26 heavy (non-hydrogen) atoms. The molecule has 0 aliphatic heterocycles. The molecule has 4 aliphatic rings. The van der Waals surface area contributed by atoms with Crippen LogP contribution >= 0.6 is 0 Å². The van der Waals surface area contributed by atoms with E-state index in [0.29, 0.717) is 22.3 Å². The van der Waals surface area contributed by atoms with Crippen molar-refractivity contribution in [2.75, 3.05) is 0 Å². The Hall–Kier alpha value is -2.04. The van der Waals surface area contributed by atoms with Crippen molar-refractivity contribution in [3.05, 3.63) is 35.4 Å². The third-order valence-corrected chi connectivity index (χ3v) is 6.55. The summed E-state index contributed by atoms with van der Waals surface area (Å²) in [5.41, 5.74) is 1.53. The molecule has 1 aromatic rings. The van der Waals surface area contributed by atoms with Gasteiger partial charge in [0.15, 0.2) is 0 Å². The van der Waals surface area contributed by atoms with Gasteiger partial charge in [0.25, 0.3) is 0 Å². The molecule has 4 fully saturated rings. The molecule has 1 N–H and O–H groups in total. The zero-order valence-electron chi connectivity index (χ0n) is 15.8. The van der Waals surface area contributed by atoms with Gasteiger partial charge in [-0.1, -0.05) is 32.0 Å². The molecule has 4 atom stereocenters. The molecule has 5 nitrogen and oxygen atoms in total. The molecule has 0 radical (unpaired) electrons. The molecule has 1 amide bonds. The van der Waals surface area contributed by atoms with Crippen molar-refractivity contribution in [2.45, 2.75) is 64.8 Å². The predicted octanol–water partition coefficient (Wildman–Crippen LogP) is 4.54. The molecule has 0 saturated heterocycles. The smallest absolute Gasteiger partial charge is 0.313 e. The Balaban J connectivity index is 1.40. The summed E-state index contributed by atoms with van der Waals surface area (Å²) in [7, 11) is 0. The van der Waals surface area contributed by atoms with E-state index in [4.69, 9.17) is 9.78 Å². The minimum absolute atomic E-state index is 0.227. The van der Waals surface area contributed by atoms with E-state index in [9.17, 15) is 9.59 Å². The summed E-state index contributed by atoms with van der Waals surface area (Å²) < 4.78 is 0. The molecule has 5 rings (SSSR count). The highest BCUT2D eigenvalue weighted by molar-refractivity contribution is 5.91. The predicted molar refractivity (Wildman–Crippen MR) is 96.3 cm³/mol. The summed E-state index contributed by atoms with van der Waals surface area (Å²) in [5, 5.41) is 3.06. The van der Waals surface area contributed by atoms with E-state index in [1.165, 1.54) is 19.3 Å². The average Bonchev–Trinajstić information content (AvgIpc) is 2.49. The van der Waals surface area contributed by atoms with Crippen LogP contribution in [0.15, 0.2) is 24.3 Å². The lowest BCUT2D eigenvalue weighted by atomic mass is 9.43. The number of aryl methyl sites for hydroxylation is 1. The van der Waals surface area contributed by atoms with Crippen LogP contribution in [-0.4, -0.2) is 17.6 Å². The summed E-state index contributed by atoms with van der Waals surface area (Å²) in [4.78, 5) is 34.1. The summed E-state index contributed by atoms with van der Waals surface area (Å²) in [6.07, 6.45) is 6.03. The number of benzene rings is 1. The number of rotatable bonds is 2. The molecule has 0 heterocycles. The standard InChI is InChI=1S/C21H27NO4/c1-14-6-4-5-7-16(14)17(23)25-26-18(24)22-21-10-15-8-19(2,12-21)11-20(3,9-15)13-21/h4-7,15H,8-13H2,1-3H3,(H,22,24)/t15?,19-,20+,21?. The number of nitrogens with one attached hydrogen (secondary N) is 1. The van der Waals surface area contributed by atoms with E-state index in [-0.39, 0.29) is 5.54 Å². The van der Waals surface area contributed by atoms with Crippen LogP contribution in [-0.2, 0) is 9.78 Å². The fourth-order valence-electron chi connectivity index (χ4n) is 6.75. The van der Waals surface area contributed by atoms with Gasteiger partial charge in [0.2, 0.25) is 0 Å². The maximum absolute atomic E-state index is 12.3. The fraction of sp³-hybridized carbons (Fsp3) is 0.619. The highest BCUT2D eigenvalue weighted by Crippen LogP contribution is 2.66. The highest BCUT2D eigenvalue weighted by Gasteiger charge is 2.60. The van der Waals surface area contributed by atoms with Crippen molar-refractivity contribution in [1.82, 2.24) is 5.32 Å². The normalized spacial score (nSPS) is 37.3. The van der Waals surface area contributed by atoms with E-state index < -0.39 is 12.1 Å². The average molecular weight is 357 g/mol. The topological polar surface area (TPSA) is 64.6 Å². The Bertz CT molecular complexity index is 740. The van der Waals surface area contributed by atoms with Gasteiger partial charge < -0.3 is 5.32 Å². The lowest BCUT2D eigenvalue weighted by Gasteiger charge is -2.65. The number of carbonyl (C=O) groups is 2. The Labute approximate surface area is 154 Å². The first-order valence-corrected chi connectivity index (χ1v) is 9.47. The van der Waals surface area contributed by atoms with E-state index >= 15 is 0 Å². The van der Waals surface area contributed by atoms with E-state index in [1.54, 1.807) is 12.1 Å². The molecule has 5 heteroatoms.